The first-order valence-corrected chi connectivity index (χ1v) is 22.4. The van der Waals surface area contributed by atoms with Gasteiger partial charge >= 0.3 is 243 Å². The number of anilines is 1. The summed E-state index contributed by atoms with van der Waals surface area (Å²) in [7, 11) is 3.44. The van der Waals surface area contributed by atoms with E-state index in [0.717, 1.165) is 30.4 Å². The Labute approximate surface area is 242 Å². The second-order valence-electron chi connectivity index (χ2n) is 11.0. The van der Waals surface area contributed by atoms with Gasteiger partial charge in [0.1, 0.15) is 0 Å². The van der Waals surface area contributed by atoms with E-state index in [1.165, 1.54) is 72.2 Å². The van der Waals surface area contributed by atoms with E-state index in [0.29, 0.717) is 0 Å². The number of ether oxygens (including phenoxy) is 2. The van der Waals surface area contributed by atoms with E-state index in [4.69, 9.17) is 14.5 Å². The Bertz CT molecular complexity index is 1040. The summed E-state index contributed by atoms with van der Waals surface area (Å²) >= 11 is -2.68. The van der Waals surface area contributed by atoms with Gasteiger partial charge in [-0.3, -0.25) is 0 Å². The van der Waals surface area contributed by atoms with E-state index in [1.54, 1.807) is 14.2 Å². The van der Waals surface area contributed by atoms with Crippen molar-refractivity contribution in [3.8, 4) is 11.5 Å². The third-order valence-electron chi connectivity index (χ3n) is 7.92. The molecule has 0 N–H and O–H groups in total. The fourth-order valence-electron chi connectivity index (χ4n) is 5.51. The number of unbranched alkanes of at least 4 members (excludes halogenated alkanes) is 3. The first kappa shape index (κ1) is 31.3. The standard InChI is InChI=1S/C22H23N2O2.3C4H9.Sn/c1-17-12-13-23-22(14-17)24(15-18-4-8-20(25-2)9-5-18)16-19-6-10-21(26-3)11-7-19;3*1-3-4-2;/h4-12,14H,15-16H2,1-3H3;3*1,3-4H2,2H3;. The van der Waals surface area contributed by atoms with Crippen LogP contribution in [0.2, 0.25) is 13.3 Å². The summed E-state index contributed by atoms with van der Waals surface area (Å²) in [6.07, 6.45) is 7.85. The first-order chi connectivity index (χ1) is 19.0. The maximum atomic E-state index is 5.59. The van der Waals surface area contributed by atoms with Crippen molar-refractivity contribution < 1.29 is 9.47 Å². The molecule has 5 heteroatoms. The molecule has 0 saturated carbocycles. The molecule has 1 heterocycles. The number of methoxy groups -OCH3 is 2. The van der Waals surface area contributed by atoms with Crippen molar-refractivity contribution >= 4 is 27.9 Å². The van der Waals surface area contributed by atoms with Crippen molar-refractivity contribution in [1.29, 1.82) is 0 Å². The molecule has 39 heavy (non-hydrogen) atoms. The molecular weight excluding hydrogens is 587 g/mol. The van der Waals surface area contributed by atoms with E-state index in [9.17, 15) is 0 Å². The molecule has 0 unspecified atom stereocenters. The zero-order valence-electron chi connectivity index (χ0n) is 25.3. The van der Waals surface area contributed by atoms with Gasteiger partial charge in [-0.05, 0) is 0 Å². The van der Waals surface area contributed by atoms with Gasteiger partial charge in [-0.15, -0.1) is 0 Å². The van der Waals surface area contributed by atoms with Crippen molar-refractivity contribution in [2.45, 2.75) is 92.6 Å². The molecule has 2 aromatic carbocycles. The molecule has 0 aliphatic carbocycles. The Morgan fingerprint density at radius 2 is 1.10 bits per heavy atom. The molecule has 0 aliphatic heterocycles. The van der Waals surface area contributed by atoms with Gasteiger partial charge in [-0.1, -0.05) is 0 Å². The molecule has 1 aromatic heterocycles. The summed E-state index contributed by atoms with van der Waals surface area (Å²) in [6.45, 7) is 10.9. The minimum atomic E-state index is -2.68. The summed E-state index contributed by atoms with van der Waals surface area (Å²) in [4.78, 5) is 8.05. The number of rotatable bonds is 17. The summed E-state index contributed by atoms with van der Waals surface area (Å²) < 4.78 is 16.6. The van der Waals surface area contributed by atoms with Crippen molar-refractivity contribution in [3.63, 3.8) is 0 Å². The summed E-state index contributed by atoms with van der Waals surface area (Å²) in [5.74, 6) is 2.89. The van der Waals surface area contributed by atoms with E-state index in [1.807, 2.05) is 0 Å². The summed E-state index contributed by atoms with van der Waals surface area (Å²) in [6, 6.07) is 21.7. The van der Waals surface area contributed by atoms with Crippen molar-refractivity contribution in [3.05, 3.63) is 77.4 Å². The van der Waals surface area contributed by atoms with Gasteiger partial charge in [-0.2, -0.15) is 0 Å². The van der Waals surface area contributed by atoms with Crippen LogP contribution in [0.5, 0.6) is 11.5 Å². The summed E-state index contributed by atoms with van der Waals surface area (Å²) in [5.41, 5.74) is 3.86. The molecule has 4 nitrogen and oxygen atoms in total. The molecule has 0 atom stereocenters. The molecule has 0 radical (unpaired) electrons. The Morgan fingerprint density at radius 3 is 1.49 bits per heavy atom. The molecule has 3 rings (SSSR count). The molecule has 0 saturated heterocycles. The molecule has 3 aromatic rings. The Morgan fingerprint density at radius 1 is 0.667 bits per heavy atom. The third-order valence-corrected chi connectivity index (χ3v) is 23.0. The predicted molar refractivity (Wildman–Crippen MR) is 169 cm³/mol. The van der Waals surface area contributed by atoms with Gasteiger partial charge in [0, 0.05) is 0 Å². The molecule has 0 aliphatic rings. The zero-order valence-corrected chi connectivity index (χ0v) is 28.1. The van der Waals surface area contributed by atoms with Crippen molar-refractivity contribution in [2.24, 2.45) is 0 Å². The molecule has 0 fully saturated rings. The van der Waals surface area contributed by atoms with Crippen LogP contribution in [-0.2, 0) is 13.1 Å². The van der Waals surface area contributed by atoms with Crippen molar-refractivity contribution in [2.75, 3.05) is 19.1 Å². The van der Waals surface area contributed by atoms with Crippen LogP contribution in [0.4, 0.5) is 5.82 Å². The fraction of sp³-hybridized carbons (Fsp3) is 0.500. The zero-order chi connectivity index (χ0) is 28.1. The first-order valence-electron chi connectivity index (χ1n) is 15.0. The van der Waals surface area contributed by atoms with Crippen LogP contribution >= 0.6 is 0 Å². The van der Waals surface area contributed by atoms with Crippen LogP contribution in [0, 0.1) is 6.92 Å². The number of hydrogen-bond acceptors (Lipinski definition) is 4. The average molecular weight is 637 g/mol. The molecule has 0 spiro atoms. The van der Waals surface area contributed by atoms with E-state index in [2.05, 4.69) is 93.3 Å². The predicted octanol–water partition coefficient (Wildman–Crippen LogP) is 8.67. The van der Waals surface area contributed by atoms with Crippen LogP contribution in [0.15, 0.2) is 60.7 Å². The van der Waals surface area contributed by atoms with Crippen LogP contribution < -0.4 is 18.1 Å². The molecule has 212 valence electrons. The minimum absolute atomic E-state index is 0.799. The number of pyridine rings is 1. The second kappa shape index (κ2) is 16.1. The Balaban J connectivity index is 2.05. The summed E-state index contributed by atoms with van der Waals surface area (Å²) in [5, 5.41) is 0. The van der Waals surface area contributed by atoms with E-state index < -0.39 is 18.4 Å². The molecule has 0 amide bonds. The fourth-order valence-corrected chi connectivity index (χ4v) is 21.2. The number of benzene rings is 2. The normalized spacial score (nSPS) is 11.4. The average Bonchev–Trinajstić information content (AvgIpc) is 2.97. The van der Waals surface area contributed by atoms with Gasteiger partial charge < -0.3 is 0 Å². The van der Waals surface area contributed by atoms with Gasteiger partial charge in [-0.25, -0.2) is 0 Å². The van der Waals surface area contributed by atoms with Gasteiger partial charge in [0.05, 0.1) is 0 Å². The van der Waals surface area contributed by atoms with Crippen molar-refractivity contribution in [1.82, 2.24) is 4.98 Å². The van der Waals surface area contributed by atoms with Gasteiger partial charge in [0.25, 0.3) is 0 Å². The quantitative estimate of drug-likeness (QED) is 0.139. The number of aryl methyl sites for hydroxylation is 1. The van der Waals surface area contributed by atoms with E-state index in [-0.39, 0.29) is 0 Å². The Kier molecular flexibility index (Phi) is 13.0. The topological polar surface area (TPSA) is 34.6 Å². The Hall–Kier alpha value is -2.21. The van der Waals surface area contributed by atoms with Gasteiger partial charge in [0.15, 0.2) is 0 Å². The number of nitrogens with zero attached hydrogens (tertiary/aromatic N) is 2. The van der Waals surface area contributed by atoms with Crippen LogP contribution in [-0.4, -0.2) is 37.6 Å². The number of hydrogen-bond donors (Lipinski definition) is 0. The third kappa shape index (κ3) is 9.16. The SMILES string of the molecule is CCC[CH2][Sn]([CH2]CCC)([CH2]CCC)[c]1cc(C)cc(N(Cc2ccc(OC)cc2)Cc2ccc(OC)cc2)n1. The van der Waals surface area contributed by atoms with Crippen LogP contribution in [0.25, 0.3) is 0 Å². The molecular formula is C34H50N2O2Sn. The number of aromatic nitrogens is 1. The monoisotopic (exact) mass is 638 g/mol. The maximum absolute atomic E-state index is 5.59. The van der Waals surface area contributed by atoms with Gasteiger partial charge in [0.2, 0.25) is 0 Å². The molecule has 0 bridgehead atoms. The van der Waals surface area contributed by atoms with Crippen LogP contribution in [0.1, 0.15) is 76.0 Å². The second-order valence-corrected chi connectivity index (χ2v) is 24.1. The van der Waals surface area contributed by atoms with E-state index >= 15 is 0 Å². The van der Waals surface area contributed by atoms with Crippen LogP contribution in [0.3, 0.4) is 0 Å².